The maximum atomic E-state index is 12.9. The Kier molecular flexibility index (Phi) is 7.52. The van der Waals surface area contributed by atoms with Crippen molar-refractivity contribution in [2.45, 2.75) is 39.5 Å². The van der Waals surface area contributed by atoms with E-state index in [-0.39, 0.29) is 5.91 Å². The molecule has 0 saturated heterocycles. The zero-order valence-electron chi connectivity index (χ0n) is 15.6. The summed E-state index contributed by atoms with van der Waals surface area (Å²) in [5, 5.41) is 0. The Labute approximate surface area is 151 Å². The Balaban J connectivity index is 2.07. The predicted octanol–water partition coefficient (Wildman–Crippen LogP) is 4.74. The first-order valence-corrected chi connectivity index (χ1v) is 9.20. The number of hydrogen-bond donors (Lipinski definition) is 0. The van der Waals surface area contributed by atoms with Gasteiger partial charge in [-0.05, 0) is 56.7 Å². The van der Waals surface area contributed by atoms with Crippen molar-refractivity contribution in [3.8, 4) is 5.75 Å². The van der Waals surface area contributed by atoms with Gasteiger partial charge in [0.15, 0.2) is 0 Å². The van der Waals surface area contributed by atoms with Crippen LogP contribution in [0.3, 0.4) is 0 Å². The molecule has 0 spiro atoms. The van der Waals surface area contributed by atoms with Crippen LogP contribution in [0.2, 0.25) is 0 Å². The third-order valence-corrected chi connectivity index (χ3v) is 4.60. The average Bonchev–Trinajstić information content (AvgIpc) is 2.66. The van der Waals surface area contributed by atoms with Gasteiger partial charge >= 0.3 is 0 Å². The van der Waals surface area contributed by atoms with E-state index < -0.39 is 0 Å². The number of methoxy groups -OCH3 is 1. The van der Waals surface area contributed by atoms with Gasteiger partial charge in [0.1, 0.15) is 5.75 Å². The van der Waals surface area contributed by atoms with Crippen LogP contribution >= 0.6 is 0 Å². The summed E-state index contributed by atoms with van der Waals surface area (Å²) in [7, 11) is 1.63. The van der Waals surface area contributed by atoms with E-state index in [0.29, 0.717) is 18.8 Å². The smallest absolute Gasteiger partial charge is 0.257 e. The minimum atomic E-state index is 0.0699. The van der Waals surface area contributed by atoms with Gasteiger partial charge in [0.25, 0.3) is 5.91 Å². The molecule has 0 radical (unpaired) electrons. The summed E-state index contributed by atoms with van der Waals surface area (Å²) >= 11 is 0. The van der Waals surface area contributed by atoms with Crippen LogP contribution < -0.4 is 4.74 Å². The lowest BCUT2D eigenvalue weighted by atomic mass is 9.98. The Hall–Kier alpha value is -2.29. The number of unbranched alkanes of at least 4 members (excludes halogenated alkanes) is 1. The van der Waals surface area contributed by atoms with Crippen molar-refractivity contribution in [1.82, 2.24) is 4.90 Å². The van der Waals surface area contributed by atoms with Gasteiger partial charge in [0.05, 0.1) is 12.7 Å². The van der Waals surface area contributed by atoms with Crippen LogP contribution in [0, 0.1) is 0 Å². The SMILES string of the molecule is CCN(CC)C(=O)c1c(CCCCc2ccccc2)cccc1OC. The zero-order chi connectivity index (χ0) is 18.1. The molecule has 0 bridgehead atoms. The molecular weight excluding hydrogens is 310 g/mol. The lowest BCUT2D eigenvalue weighted by molar-refractivity contribution is 0.0768. The monoisotopic (exact) mass is 339 g/mol. The quantitative estimate of drug-likeness (QED) is 0.617. The summed E-state index contributed by atoms with van der Waals surface area (Å²) in [5.74, 6) is 0.748. The fourth-order valence-corrected chi connectivity index (χ4v) is 3.16. The first-order chi connectivity index (χ1) is 12.2. The second-order valence-corrected chi connectivity index (χ2v) is 6.16. The minimum absolute atomic E-state index is 0.0699. The second-order valence-electron chi connectivity index (χ2n) is 6.16. The van der Waals surface area contributed by atoms with E-state index in [2.05, 4.69) is 30.3 Å². The van der Waals surface area contributed by atoms with Crippen molar-refractivity contribution in [3.63, 3.8) is 0 Å². The van der Waals surface area contributed by atoms with Crippen molar-refractivity contribution >= 4 is 5.91 Å². The van der Waals surface area contributed by atoms with Crippen molar-refractivity contribution in [1.29, 1.82) is 0 Å². The molecule has 0 N–H and O–H groups in total. The summed E-state index contributed by atoms with van der Waals surface area (Å²) in [5.41, 5.74) is 3.19. The number of benzene rings is 2. The molecule has 0 atom stereocenters. The molecule has 134 valence electrons. The van der Waals surface area contributed by atoms with E-state index >= 15 is 0 Å². The fourth-order valence-electron chi connectivity index (χ4n) is 3.16. The van der Waals surface area contributed by atoms with E-state index in [4.69, 9.17) is 4.74 Å². The van der Waals surface area contributed by atoms with Gasteiger partial charge in [-0.15, -0.1) is 0 Å². The van der Waals surface area contributed by atoms with E-state index in [1.54, 1.807) is 7.11 Å². The van der Waals surface area contributed by atoms with E-state index in [9.17, 15) is 4.79 Å². The Morgan fingerprint density at radius 1 is 0.920 bits per heavy atom. The molecule has 2 aromatic carbocycles. The maximum absolute atomic E-state index is 12.9. The first kappa shape index (κ1) is 19.0. The number of rotatable bonds is 9. The summed E-state index contributed by atoms with van der Waals surface area (Å²) in [6.07, 6.45) is 4.14. The molecule has 1 amide bonds. The van der Waals surface area contributed by atoms with Gasteiger partial charge < -0.3 is 9.64 Å². The van der Waals surface area contributed by atoms with Crippen LogP contribution in [0.15, 0.2) is 48.5 Å². The lowest BCUT2D eigenvalue weighted by Gasteiger charge is -2.22. The molecule has 0 heterocycles. The topological polar surface area (TPSA) is 29.5 Å². The van der Waals surface area contributed by atoms with Crippen molar-refractivity contribution in [2.75, 3.05) is 20.2 Å². The lowest BCUT2D eigenvalue weighted by Crippen LogP contribution is -2.31. The highest BCUT2D eigenvalue weighted by molar-refractivity contribution is 5.98. The van der Waals surface area contributed by atoms with Crippen LogP contribution in [0.5, 0.6) is 5.75 Å². The van der Waals surface area contributed by atoms with Crippen LogP contribution in [0.1, 0.15) is 48.2 Å². The van der Waals surface area contributed by atoms with Crippen molar-refractivity contribution in [2.24, 2.45) is 0 Å². The maximum Gasteiger partial charge on any atom is 0.257 e. The molecule has 0 saturated carbocycles. The van der Waals surface area contributed by atoms with E-state index in [1.807, 2.05) is 36.9 Å². The summed E-state index contributed by atoms with van der Waals surface area (Å²) in [6, 6.07) is 16.5. The van der Waals surface area contributed by atoms with Gasteiger partial charge in [-0.3, -0.25) is 4.79 Å². The van der Waals surface area contributed by atoms with Crippen LogP contribution in [-0.4, -0.2) is 31.0 Å². The predicted molar refractivity (Wildman–Crippen MR) is 103 cm³/mol. The van der Waals surface area contributed by atoms with E-state index in [1.165, 1.54) is 5.56 Å². The molecule has 3 heteroatoms. The van der Waals surface area contributed by atoms with Gasteiger partial charge in [-0.25, -0.2) is 0 Å². The summed E-state index contributed by atoms with van der Waals surface area (Å²) in [6.45, 7) is 5.44. The third-order valence-electron chi connectivity index (χ3n) is 4.60. The molecule has 3 nitrogen and oxygen atoms in total. The highest BCUT2D eigenvalue weighted by Gasteiger charge is 2.20. The highest BCUT2D eigenvalue weighted by Crippen LogP contribution is 2.25. The normalized spacial score (nSPS) is 10.5. The van der Waals surface area contributed by atoms with E-state index in [0.717, 1.165) is 36.8 Å². The van der Waals surface area contributed by atoms with Gasteiger partial charge in [-0.1, -0.05) is 42.5 Å². The molecule has 0 aliphatic carbocycles. The number of amides is 1. The molecule has 0 aliphatic heterocycles. The zero-order valence-corrected chi connectivity index (χ0v) is 15.6. The molecule has 25 heavy (non-hydrogen) atoms. The summed E-state index contributed by atoms with van der Waals surface area (Å²) in [4.78, 5) is 14.8. The Morgan fingerprint density at radius 2 is 1.60 bits per heavy atom. The van der Waals surface area contributed by atoms with Crippen LogP contribution in [0.4, 0.5) is 0 Å². The van der Waals surface area contributed by atoms with Crippen molar-refractivity contribution < 1.29 is 9.53 Å². The van der Waals surface area contributed by atoms with Gasteiger partial charge in [-0.2, -0.15) is 0 Å². The second kappa shape index (κ2) is 9.87. The highest BCUT2D eigenvalue weighted by atomic mass is 16.5. The third kappa shape index (κ3) is 5.09. The molecule has 2 rings (SSSR count). The summed E-state index contributed by atoms with van der Waals surface area (Å²) < 4.78 is 5.47. The molecule has 2 aromatic rings. The van der Waals surface area contributed by atoms with Crippen LogP contribution in [0.25, 0.3) is 0 Å². The van der Waals surface area contributed by atoms with Crippen LogP contribution in [-0.2, 0) is 12.8 Å². The van der Waals surface area contributed by atoms with Gasteiger partial charge in [0, 0.05) is 13.1 Å². The first-order valence-electron chi connectivity index (χ1n) is 9.20. The minimum Gasteiger partial charge on any atom is -0.496 e. The number of carbonyl (C=O) groups is 1. The average molecular weight is 339 g/mol. The molecule has 0 aromatic heterocycles. The standard InChI is InChI=1S/C22H29NO2/c1-4-23(5-2)22(24)21-19(16-11-17-20(21)25-3)15-10-9-14-18-12-7-6-8-13-18/h6-8,11-13,16-17H,4-5,9-10,14-15H2,1-3H3. The number of hydrogen-bond acceptors (Lipinski definition) is 2. The number of ether oxygens (including phenoxy) is 1. The number of carbonyl (C=O) groups excluding carboxylic acids is 1. The molecule has 0 unspecified atom stereocenters. The Bertz CT molecular complexity index is 663. The van der Waals surface area contributed by atoms with Crippen molar-refractivity contribution in [3.05, 3.63) is 65.2 Å². The van der Waals surface area contributed by atoms with Gasteiger partial charge in [0.2, 0.25) is 0 Å². The fraction of sp³-hybridized carbons (Fsp3) is 0.409. The molecule has 0 fully saturated rings. The number of aryl methyl sites for hydroxylation is 2. The molecular formula is C22H29NO2. The Morgan fingerprint density at radius 3 is 2.24 bits per heavy atom. The molecule has 0 aliphatic rings. The largest absolute Gasteiger partial charge is 0.496 e. The number of nitrogens with zero attached hydrogens (tertiary/aromatic N) is 1.